The van der Waals surface area contributed by atoms with Gasteiger partial charge in [-0.3, -0.25) is 4.99 Å². The van der Waals surface area contributed by atoms with E-state index >= 15 is 0 Å². The molecule has 1 heterocycles. The van der Waals surface area contributed by atoms with E-state index in [0.717, 1.165) is 45.0 Å². The van der Waals surface area contributed by atoms with Crippen LogP contribution in [0.5, 0.6) is 0 Å². The summed E-state index contributed by atoms with van der Waals surface area (Å²) in [6, 6.07) is 0.403. The highest BCUT2D eigenvalue weighted by Crippen LogP contribution is 2.25. The van der Waals surface area contributed by atoms with Crippen molar-refractivity contribution < 1.29 is 9.47 Å². The number of halogens is 1. The fourth-order valence-electron chi connectivity index (χ4n) is 2.67. The van der Waals surface area contributed by atoms with Gasteiger partial charge >= 0.3 is 0 Å². The third-order valence-electron chi connectivity index (χ3n) is 4.42. The summed E-state index contributed by atoms with van der Waals surface area (Å²) in [5.41, 5.74) is 0.197. The largest absolute Gasteiger partial charge is 0.381 e. The fourth-order valence-corrected chi connectivity index (χ4v) is 2.67. The molecule has 5 nitrogen and oxygen atoms in total. The molecule has 24 heavy (non-hydrogen) atoms. The molecule has 1 aliphatic heterocycles. The minimum atomic E-state index is -0.171. The number of rotatable bonds is 7. The van der Waals surface area contributed by atoms with Gasteiger partial charge in [0.15, 0.2) is 5.96 Å². The van der Waals surface area contributed by atoms with Crippen LogP contribution in [-0.4, -0.2) is 51.0 Å². The van der Waals surface area contributed by atoms with Gasteiger partial charge in [-0.05, 0) is 32.1 Å². The van der Waals surface area contributed by atoms with Crippen LogP contribution in [-0.2, 0) is 9.47 Å². The summed E-state index contributed by atoms with van der Waals surface area (Å²) in [5, 5.41) is 6.87. The van der Waals surface area contributed by atoms with Crippen LogP contribution in [0.2, 0.25) is 0 Å². The number of guanidine groups is 1. The van der Waals surface area contributed by atoms with Gasteiger partial charge in [0.05, 0.1) is 12.1 Å². The van der Waals surface area contributed by atoms with E-state index in [1.54, 1.807) is 7.11 Å². The zero-order valence-electron chi connectivity index (χ0n) is 16.4. The average Bonchev–Trinajstić information content (AvgIpc) is 2.51. The molecular weight excluding hydrogens is 417 g/mol. The van der Waals surface area contributed by atoms with Gasteiger partial charge in [0.25, 0.3) is 0 Å². The molecule has 0 aliphatic carbocycles. The SMILES string of the molecule is CCNC(=NCC1(OC)CCOCC1)NC(C)CCC(C)(C)C.I. The van der Waals surface area contributed by atoms with Crippen LogP contribution in [0.1, 0.15) is 60.3 Å². The minimum Gasteiger partial charge on any atom is -0.381 e. The summed E-state index contributed by atoms with van der Waals surface area (Å²) in [6.07, 6.45) is 4.15. The second-order valence-corrected chi connectivity index (χ2v) is 7.84. The van der Waals surface area contributed by atoms with Crippen molar-refractivity contribution in [3.8, 4) is 0 Å². The van der Waals surface area contributed by atoms with E-state index < -0.39 is 0 Å². The van der Waals surface area contributed by atoms with Crippen molar-refractivity contribution in [2.24, 2.45) is 10.4 Å². The molecular formula is C18H38IN3O2. The summed E-state index contributed by atoms with van der Waals surface area (Å²) >= 11 is 0. The molecule has 0 aromatic rings. The van der Waals surface area contributed by atoms with E-state index in [4.69, 9.17) is 14.5 Å². The number of hydrogen-bond acceptors (Lipinski definition) is 3. The summed E-state index contributed by atoms with van der Waals surface area (Å²) in [6.45, 7) is 14.2. The predicted molar refractivity (Wildman–Crippen MR) is 112 cm³/mol. The molecule has 0 amide bonds. The van der Waals surface area contributed by atoms with Crippen molar-refractivity contribution in [1.82, 2.24) is 10.6 Å². The Morgan fingerprint density at radius 2 is 1.92 bits per heavy atom. The quantitative estimate of drug-likeness (QED) is 0.350. The van der Waals surface area contributed by atoms with E-state index in [0.29, 0.717) is 18.0 Å². The number of methoxy groups -OCH3 is 1. The molecule has 1 aliphatic rings. The average molecular weight is 455 g/mol. The lowest BCUT2D eigenvalue weighted by atomic mass is 9.89. The molecule has 0 aromatic carbocycles. The van der Waals surface area contributed by atoms with Crippen LogP contribution in [0, 0.1) is 5.41 Å². The Hall–Kier alpha value is -0.0800. The fraction of sp³-hybridized carbons (Fsp3) is 0.944. The number of aliphatic imine (C=N–C) groups is 1. The molecule has 0 radical (unpaired) electrons. The molecule has 1 saturated heterocycles. The molecule has 1 fully saturated rings. The first kappa shape index (κ1) is 23.9. The van der Waals surface area contributed by atoms with E-state index in [-0.39, 0.29) is 29.6 Å². The summed E-state index contributed by atoms with van der Waals surface area (Å²) in [7, 11) is 1.78. The van der Waals surface area contributed by atoms with Crippen molar-refractivity contribution in [1.29, 1.82) is 0 Å². The van der Waals surface area contributed by atoms with Crippen molar-refractivity contribution in [2.75, 3.05) is 33.4 Å². The lowest BCUT2D eigenvalue weighted by Crippen LogP contribution is -2.45. The Balaban J connectivity index is 0.00000529. The van der Waals surface area contributed by atoms with Gasteiger partial charge in [-0.2, -0.15) is 0 Å². The van der Waals surface area contributed by atoms with Gasteiger partial charge < -0.3 is 20.1 Å². The molecule has 0 saturated carbocycles. The summed E-state index contributed by atoms with van der Waals surface area (Å²) < 4.78 is 11.2. The molecule has 144 valence electrons. The molecule has 1 rings (SSSR count). The number of nitrogens with one attached hydrogen (secondary N) is 2. The van der Waals surface area contributed by atoms with E-state index in [9.17, 15) is 0 Å². The van der Waals surface area contributed by atoms with Crippen molar-refractivity contribution in [3.05, 3.63) is 0 Å². The smallest absolute Gasteiger partial charge is 0.191 e. The van der Waals surface area contributed by atoms with Crippen LogP contribution in [0.15, 0.2) is 4.99 Å². The molecule has 1 unspecified atom stereocenters. The first-order chi connectivity index (χ1) is 10.8. The maximum Gasteiger partial charge on any atom is 0.191 e. The van der Waals surface area contributed by atoms with E-state index in [1.165, 1.54) is 6.42 Å². The second-order valence-electron chi connectivity index (χ2n) is 7.84. The predicted octanol–water partition coefficient (Wildman–Crippen LogP) is 3.57. The maximum atomic E-state index is 5.76. The van der Waals surface area contributed by atoms with Gasteiger partial charge in [0.2, 0.25) is 0 Å². The molecule has 0 spiro atoms. The van der Waals surface area contributed by atoms with Crippen molar-refractivity contribution in [2.45, 2.75) is 71.9 Å². The van der Waals surface area contributed by atoms with Crippen molar-refractivity contribution >= 4 is 29.9 Å². The normalized spacial score (nSPS) is 19.3. The topological polar surface area (TPSA) is 54.9 Å². The Morgan fingerprint density at radius 1 is 1.29 bits per heavy atom. The minimum absolute atomic E-state index is 0. The molecule has 0 aromatic heterocycles. The van der Waals surface area contributed by atoms with Crippen LogP contribution in [0.4, 0.5) is 0 Å². The standard InChI is InChI=1S/C18H37N3O2.HI/c1-7-19-16(21-15(2)8-9-17(3,4)5)20-14-18(22-6)10-12-23-13-11-18;/h15H,7-14H2,1-6H3,(H2,19,20,21);1H. The highest BCUT2D eigenvalue weighted by Gasteiger charge is 2.32. The third-order valence-corrected chi connectivity index (χ3v) is 4.42. The third kappa shape index (κ3) is 9.42. The van der Waals surface area contributed by atoms with Gasteiger partial charge in [0, 0.05) is 45.8 Å². The van der Waals surface area contributed by atoms with Crippen LogP contribution in [0.25, 0.3) is 0 Å². The second kappa shape index (κ2) is 11.5. The Morgan fingerprint density at radius 3 is 2.42 bits per heavy atom. The molecule has 6 heteroatoms. The molecule has 0 bridgehead atoms. The summed E-state index contributed by atoms with van der Waals surface area (Å²) in [4.78, 5) is 4.78. The lowest BCUT2D eigenvalue weighted by Gasteiger charge is -2.34. The summed E-state index contributed by atoms with van der Waals surface area (Å²) in [5.74, 6) is 0.886. The van der Waals surface area contributed by atoms with Crippen LogP contribution in [0.3, 0.4) is 0 Å². The zero-order valence-corrected chi connectivity index (χ0v) is 18.7. The maximum absolute atomic E-state index is 5.76. The van der Waals surface area contributed by atoms with Gasteiger partial charge in [-0.15, -0.1) is 24.0 Å². The molecule has 1 atom stereocenters. The van der Waals surface area contributed by atoms with Gasteiger partial charge in [0.1, 0.15) is 0 Å². The highest BCUT2D eigenvalue weighted by molar-refractivity contribution is 14.0. The number of nitrogens with zero attached hydrogens (tertiary/aromatic N) is 1. The van der Waals surface area contributed by atoms with E-state index in [2.05, 4.69) is 45.3 Å². The van der Waals surface area contributed by atoms with Gasteiger partial charge in [-0.1, -0.05) is 20.8 Å². The van der Waals surface area contributed by atoms with Gasteiger partial charge in [-0.25, -0.2) is 0 Å². The highest BCUT2D eigenvalue weighted by atomic mass is 127. The number of hydrogen-bond donors (Lipinski definition) is 2. The zero-order chi connectivity index (χ0) is 17.3. The van der Waals surface area contributed by atoms with Crippen LogP contribution >= 0.6 is 24.0 Å². The Labute approximate surface area is 165 Å². The lowest BCUT2D eigenvalue weighted by molar-refractivity contribution is -0.0828. The number of ether oxygens (including phenoxy) is 2. The molecule has 2 N–H and O–H groups in total. The van der Waals surface area contributed by atoms with Crippen LogP contribution < -0.4 is 10.6 Å². The Bertz CT molecular complexity index is 364. The first-order valence-corrected chi connectivity index (χ1v) is 8.98. The van der Waals surface area contributed by atoms with Crippen molar-refractivity contribution in [3.63, 3.8) is 0 Å². The monoisotopic (exact) mass is 455 g/mol. The Kier molecular flexibility index (Phi) is 11.5. The van der Waals surface area contributed by atoms with E-state index in [1.807, 2.05) is 0 Å². The first-order valence-electron chi connectivity index (χ1n) is 8.98.